The van der Waals surface area contributed by atoms with Crippen molar-refractivity contribution in [2.75, 3.05) is 38.2 Å². The number of hydrogen-bond acceptors (Lipinski definition) is 5. The van der Waals surface area contributed by atoms with Crippen LogP contribution in [0, 0.1) is 4.77 Å². The third kappa shape index (κ3) is 3.85. The fourth-order valence-corrected chi connectivity index (χ4v) is 4.46. The van der Waals surface area contributed by atoms with Crippen LogP contribution in [-0.2, 0) is 6.67 Å². The number of rotatable bonds is 6. The molecule has 1 saturated heterocycles. The Morgan fingerprint density at radius 3 is 2.53 bits per heavy atom. The van der Waals surface area contributed by atoms with E-state index in [2.05, 4.69) is 32.7 Å². The first-order chi connectivity index (χ1) is 14.7. The summed E-state index contributed by atoms with van der Waals surface area (Å²) >= 11 is 5.83. The molecule has 7 nitrogen and oxygen atoms in total. The normalized spacial score (nSPS) is 17.3. The SMILES string of the molecule is COc1ccc(N2CC[NH+](Cn3nc(-c4cccnc4)n(C4CC4)c3=S)CC2)cc1. The number of pyridine rings is 1. The van der Waals surface area contributed by atoms with Gasteiger partial charge in [-0.05, 0) is 61.5 Å². The molecule has 1 aromatic carbocycles. The largest absolute Gasteiger partial charge is 0.497 e. The lowest BCUT2D eigenvalue weighted by atomic mass is 10.2. The fraction of sp³-hybridized carbons (Fsp3) is 0.409. The summed E-state index contributed by atoms with van der Waals surface area (Å²) in [7, 11) is 1.70. The summed E-state index contributed by atoms with van der Waals surface area (Å²) in [5.74, 6) is 1.85. The maximum absolute atomic E-state index is 5.83. The van der Waals surface area contributed by atoms with E-state index < -0.39 is 0 Å². The highest BCUT2D eigenvalue weighted by molar-refractivity contribution is 7.71. The number of piperazine rings is 1. The van der Waals surface area contributed by atoms with Crippen molar-refractivity contribution in [1.82, 2.24) is 19.3 Å². The van der Waals surface area contributed by atoms with Crippen LogP contribution in [0.3, 0.4) is 0 Å². The van der Waals surface area contributed by atoms with Crippen molar-refractivity contribution >= 4 is 17.9 Å². The molecule has 2 aromatic heterocycles. The Labute approximate surface area is 181 Å². The number of methoxy groups -OCH3 is 1. The van der Waals surface area contributed by atoms with Gasteiger partial charge in [0.2, 0.25) is 4.77 Å². The van der Waals surface area contributed by atoms with Gasteiger partial charge in [-0.3, -0.25) is 9.55 Å². The molecule has 156 valence electrons. The lowest BCUT2D eigenvalue weighted by Gasteiger charge is -2.33. The molecule has 0 bridgehead atoms. The van der Waals surface area contributed by atoms with E-state index in [-0.39, 0.29) is 0 Å². The average molecular weight is 424 g/mol. The van der Waals surface area contributed by atoms with Crippen LogP contribution in [0.15, 0.2) is 48.8 Å². The minimum absolute atomic E-state index is 0.489. The van der Waals surface area contributed by atoms with Gasteiger partial charge in [-0.25, -0.2) is 0 Å². The van der Waals surface area contributed by atoms with E-state index in [1.54, 1.807) is 13.3 Å². The third-order valence-corrected chi connectivity index (χ3v) is 6.39. The van der Waals surface area contributed by atoms with Gasteiger partial charge in [0, 0.05) is 29.7 Å². The van der Waals surface area contributed by atoms with Crippen LogP contribution in [0.25, 0.3) is 11.4 Å². The second kappa shape index (κ2) is 8.20. The quantitative estimate of drug-likeness (QED) is 0.616. The number of nitrogens with zero attached hydrogens (tertiary/aromatic N) is 5. The van der Waals surface area contributed by atoms with Crippen LogP contribution in [0.2, 0.25) is 0 Å². The average Bonchev–Trinajstić information content (AvgIpc) is 3.59. The van der Waals surface area contributed by atoms with Crippen LogP contribution in [0.4, 0.5) is 5.69 Å². The summed E-state index contributed by atoms with van der Waals surface area (Å²) in [5.41, 5.74) is 2.29. The molecule has 8 heteroatoms. The molecule has 0 radical (unpaired) electrons. The van der Waals surface area contributed by atoms with Crippen molar-refractivity contribution in [1.29, 1.82) is 0 Å². The third-order valence-electron chi connectivity index (χ3n) is 5.98. The van der Waals surface area contributed by atoms with Gasteiger partial charge in [-0.15, -0.1) is 5.10 Å². The molecule has 3 heterocycles. The Balaban J connectivity index is 1.29. The maximum atomic E-state index is 5.83. The van der Waals surface area contributed by atoms with Gasteiger partial charge >= 0.3 is 0 Å². The first-order valence-corrected chi connectivity index (χ1v) is 11.0. The molecule has 2 aliphatic rings. The molecule has 0 unspecified atom stereocenters. The number of hydrogen-bond donors (Lipinski definition) is 1. The molecule has 1 saturated carbocycles. The lowest BCUT2D eigenvalue weighted by Crippen LogP contribution is -3.14. The van der Waals surface area contributed by atoms with Crippen LogP contribution in [0.5, 0.6) is 5.75 Å². The van der Waals surface area contributed by atoms with Crippen LogP contribution < -0.4 is 14.5 Å². The molecule has 30 heavy (non-hydrogen) atoms. The molecule has 1 aliphatic heterocycles. The number of ether oxygens (including phenoxy) is 1. The summed E-state index contributed by atoms with van der Waals surface area (Å²) < 4.78 is 10.4. The molecule has 0 amide bonds. The fourth-order valence-electron chi connectivity index (χ4n) is 4.12. The topological polar surface area (TPSA) is 52.6 Å². The Morgan fingerprint density at radius 1 is 1.13 bits per heavy atom. The van der Waals surface area contributed by atoms with E-state index >= 15 is 0 Å². The zero-order valence-electron chi connectivity index (χ0n) is 17.2. The molecule has 1 aliphatic carbocycles. The van der Waals surface area contributed by atoms with Crippen LogP contribution >= 0.6 is 12.2 Å². The van der Waals surface area contributed by atoms with E-state index in [4.69, 9.17) is 22.1 Å². The Kier molecular flexibility index (Phi) is 5.26. The van der Waals surface area contributed by atoms with Crippen molar-refractivity contribution in [3.05, 3.63) is 53.6 Å². The molecule has 5 rings (SSSR count). The number of benzene rings is 1. The van der Waals surface area contributed by atoms with E-state index in [9.17, 15) is 0 Å². The van der Waals surface area contributed by atoms with Crippen molar-refractivity contribution in [3.63, 3.8) is 0 Å². The Hall–Kier alpha value is -2.71. The predicted octanol–water partition coefficient (Wildman–Crippen LogP) is 2.18. The molecule has 2 fully saturated rings. The lowest BCUT2D eigenvalue weighted by molar-refractivity contribution is -0.924. The van der Waals surface area contributed by atoms with Gasteiger partial charge in [-0.1, -0.05) is 0 Å². The molecular weight excluding hydrogens is 396 g/mol. The molecular formula is C22H27N6OS+. The van der Waals surface area contributed by atoms with Gasteiger partial charge in [-0.2, -0.15) is 4.68 Å². The summed E-state index contributed by atoms with van der Waals surface area (Å²) in [6, 6.07) is 12.8. The van der Waals surface area contributed by atoms with E-state index in [1.165, 1.54) is 23.4 Å². The van der Waals surface area contributed by atoms with Gasteiger partial charge < -0.3 is 14.5 Å². The van der Waals surface area contributed by atoms with Gasteiger partial charge in [0.25, 0.3) is 0 Å². The highest BCUT2D eigenvalue weighted by Gasteiger charge is 2.30. The molecule has 0 spiro atoms. The van der Waals surface area contributed by atoms with Crippen molar-refractivity contribution < 1.29 is 9.64 Å². The van der Waals surface area contributed by atoms with Gasteiger partial charge in [0.05, 0.1) is 33.3 Å². The first-order valence-electron chi connectivity index (χ1n) is 10.6. The van der Waals surface area contributed by atoms with E-state index in [0.29, 0.717) is 6.04 Å². The van der Waals surface area contributed by atoms with E-state index in [0.717, 1.165) is 54.8 Å². The van der Waals surface area contributed by atoms with Crippen LogP contribution in [0.1, 0.15) is 18.9 Å². The Morgan fingerprint density at radius 2 is 1.90 bits per heavy atom. The second-order valence-electron chi connectivity index (χ2n) is 8.04. The smallest absolute Gasteiger partial charge is 0.203 e. The number of nitrogens with one attached hydrogen (secondary N) is 1. The minimum Gasteiger partial charge on any atom is -0.497 e. The van der Waals surface area contributed by atoms with Gasteiger partial charge in [0.15, 0.2) is 12.5 Å². The van der Waals surface area contributed by atoms with Gasteiger partial charge in [0.1, 0.15) is 5.75 Å². The maximum Gasteiger partial charge on any atom is 0.203 e. The number of anilines is 1. The number of aromatic nitrogens is 4. The molecule has 3 aromatic rings. The zero-order valence-corrected chi connectivity index (χ0v) is 18.0. The summed E-state index contributed by atoms with van der Waals surface area (Å²) in [6.07, 6.45) is 6.03. The van der Waals surface area contributed by atoms with Crippen molar-refractivity contribution in [2.24, 2.45) is 0 Å². The highest BCUT2D eigenvalue weighted by Crippen LogP contribution is 2.38. The van der Waals surface area contributed by atoms with Crippen molar-refractivity contribution in [2.45, 2.75) is 25.6 Å². The van der Waals surface area contributed by atoms with E-state index in [1.807, 2.05) is 29.1 Å². The first kappa shape index (κ1) is 19.3. The molecule has 1 N–H and O–H groups in total. The van der Waals surface area contributed by atoms with Crippen molar-refractivity contribution in [3.8, 4) is 17.1 Å². The standard InChI is InChI=1S/C22H26N6OS/c1-29-20-8-6-18(7-9-20)26-13-11-25(12-14-26)16-27-22(30)28(19-4-5-19)21(24-27)17-3-2-10-23-15-17/h2-3,6-10,15,19H,4-5,11-14,16H2,1H3/p+1. The number of quaternary nitrogens is 1. The predicted molar refractivity (Wildman–Crippen MR) is 118 cm³/mol. The van der Waals surface area contributed by atoms with Crippen LogP contribution in [-0.4, -0.2) is 52.6 Å². The summed E-state index contributed by atoms with van der Waals surface area (Å²) in [4.78, 5) is 8.21. The second-order valence-corrected chi connectivity index (χ2v) is 8.41. The Bertz CT molecular complexity index is 1050. The minimum atomic E-state index is 0.489. The summed E-state index contributed by atoms with van der Waals surface area (Å²) in [6.45, 7) is 4.97. The zero-order chi connectivity index (χ0) is 20.5. The highest BCUT2D eigenvalue weighted by atomic mass is 32.1. The monoisotopic (exact) mass is 423 g/mol. The molecule has 0 atom stereocenters. The summed E-state index contributed by atoms with van der Waals surface area (Å²) in [5, 5.41) is 4.92.